The van der Waals surface area contributed by atoms with Gasteiger partial charge in [0.05, 0.1) is 0 Å². The molecule has 0 N–H and O–H groups in total. The topological polar surface area (TPSA) is 59.2 Å². The van der Waals surface area contributed by atoms with Gasteiger partial charge in [-0.05, 0) is 49.4 Å². The van der Waals surface area contributed by atoms with Crippen LogP contribution in [0.5, 0.6) is 0 Å². The number of carbonyl (C=O) groups excluding carboxylic acids is 1. The molecule has 4 rings (SSSR count). The van der Waals surface area contributed by atoms with Gasteiger partial charge in [0, 0.05) is 23.4 Å². The third-order valence-electron chi connectivity index (χ3n) is 4.88. The lowest BCUT2D eigenvalue weighted by Crippen LogP contribution is -2.27. The molecule has 1 aliphatic rings. The largest absolute Gasteiger partial charge is 0.337 e. The molecule has 6 heteroatoms. The lowest BCUT2D eigenvalue weighted by molar-refractivity contribution is -0.129. The van der Waals surface area contributed by atoms with E-state index in [2.05, 4.69) is 41.3 Å². The van der Waals surface area contributed by atoms with Crippen molar-refractivity contribution < 1.29 is 9.32 Å². The van der Waals surface area contributed by atoms with Gasteiger partial charge in [-0.2, -0.15) is 4.98 Å². The summed E-state index contributed by atoms with van der Waals surface area (Å²) >= 11 is 1.69. The first-order valence-electron chi connectivity index (χ1n) is 8.97. The van der Waals surface area contributed by atoms with E-state index in [1.807, 2.05) is 35.4 Å². The molecule has 138 valence electrons. The minimum Gasteiger partial charge on any atom is -0.337 e. The summed E-state index contributed by atoms with van der Waals surface area (Å²) in [7, 11) is 0. The van der Waals surface area contributed by atoms with Crippen molar-refractivity contribution in [1.29, 1.82) is 0 Å². The van der Waals surface area contributed by atoms with Gasteiger partial charge in [0.1, 0.15) is 6.04 Å². The second kappa shape index (κ2) is 7.56. The molecule has 0 saturated carbocycles. The van der Waals surface area contributed by atoms with E-state index in [0.29, 0.717) is 31.1 Å². The Hall–Kier alpha value is -2.60. The third kappa shape index (κ3) is 3.76. The number of rotatable bonds is 5. The predicted octanol–water partition coefficient (Wildman–Crippen LogP) is 4.63. The van der Waals surface area contributed by atoms with Crippen LogP contribution in [0.15, 0.2) is 57.9 Å². The monoisotopic (exact) mass is 379 g/mol. The second-order valence-corrected chi connectivity index (χ2v) is 7.63. The molecule has 0 bridgehead atoms. The summed E-state index contributed by atoms with van der Waals surface area (Å²) in [6.07, 6.45) is 3.26. The Morgan fingerprint density at radius 3 is 2.59 bits per heavy atom. The maximum atomic E-state index is 12.4. The van der Waals surface area contributed by atoms with E-state index in [9.17, 15) is 4.79 Å². The smallest absolute Gasteiger partial charge is 0.249 e. The highest BCUT2D eigenvalue weighted by Crippen LogP contribution is 2.34. The molecule has 2 heterocycles. The lowest BCUT2D eigenvalue weighted by atomic mass is 10.1. The molecular formula is C21H21N3O2S. The molecule has 3 aromatic rings. The van der Waals surface area contributed by atoms with Crippen molar-refractivity contribution in [1.82, 2.24) is 15.0 Å². The van der Waals surface area contributed by atoms with E-state index < -0.39 is 0 Å². The molecule has 2 aromatic carbocycles. The van der Waals surface area contributed by atoms with Crippen molar-refractivity contribution in [2.75, 3.05) is 6.26 Å². The summed E-state index contributed by atoms with van der Waals surface area (Å²) in [4.78, 5) is 20.0. The molecule has 1 fully saturated rings. The third-order valence-corrected chi connectivity index (χ3v) is 5.62. The summed E-state index contributed by atoms with van der Waals surface area (Å²) in [5, 5.41) is 4.13. The molecule has 1 aromatic heterocycles. The van der Waals surface area contributed by atoms with Crippen molar-refractivity contribution in [2.45, 2.75) is 37.2 Å². The Morgan fingerprint density at radius 1 is 1.15 bits per heavy atom. The molecule has 0 radical (unpaired) electrons. The van der Waals surface area contributed by atoms with Crippen molar-refractivity contribution in [2.24, 2.45) is 0 Å². The van der Waals surface area contributed by atoms with E-state index >= 15 is 0 Å². The second-order valence-electron chi connectivity index (χ2n) is 6.75. The van der Waals surface area contributed by atoms with Crippen LogP contribution in [0.2, 0.25) is 0 Å². The van der Waals surface area contributed by atoms with Crippen LogP contribution in [0.25, 0.3) is 11.4 Å². The van der Waals surface area contributed by atoms with Crippen molar-refractivity contribution in [3.63, 3.8) is 0 Å². The highest BCUT2D eigenvalue weighted by molar-refractivity contribution is 7.98. The van der Waals surface area contributed by atoms with Crippen LogP contribution in [-0.2, 0) is 11.3 Å². The zero-order valence-electron chi connectivity index (χ0n) is 15.4. The Bertz CT molecular complexity index is 935. The molecular weight excluding hydrogens is 358 g/mol. The van der Waals surface area contributed by atoms with E-state index in [1.54, 1.807) is 11.8 Å². The fraction of sp³-hybridized carbons (Fsp3) is 0.286. The summed E-state index contributed by atoms with van der Waals surface area (Å²) in [5.74, 6) is 1.20. The first-order valence-corrected chi connectivity index (χ1v) is 10.2. The maximum absolute atomic E-state index is 12.4. The number of hydrogen-bond acceptors (Lipinski definition) is 5. The molecule has 1 atom stereocenters. The van der Waals surface area contributed by atoms with E-state index in [4.69, 9.17) is 4.52 Å². The van der Waals surface area contributed by atoms with E-state index in [1.165, 1.54) is 10.5 Å². The van der Waals surface area contributed by atoms with Crippen LogP contribution in [0.4, 0.5) is 0 Å². The van der Waals surface area contributed by atoms with Crippen LogP contribution in [-0.4, -0.2) is 27.2 Å². The number of likely N-dealkylation sites (tertiary alicyclic amines) is 1. The fourth-order valence-corrected chi connectivity index (χ4v) is 3.71. The average molecular weight is 379 g/mol. The van der Waals surface area contributed by atoms with Crippen LogP contribution in [0.3, 0.4) is 0 Å². The van der Waals surface area contributed by atoms with Crippen molar-refractivity contribution >= 4 is 17.7 Å². The van der Waals surface area contributed by atoms with E-state index in [0.717, 1.165) is 11.1 Å². The van der Waals surface area contributed by atoms with E-state index in [-0.39, 0.29) is 11.9 Å². The minimum absolute atomic E-state index is 0.129. The number of nitrogens with zero attached hydrogens (tertiary/aromatic N) is 3. The molecule has 5 nitrogen and oxygen atoms in total. The van der Waals surface area contributed by atoms with Gasteiger partial charge in [-0.25, -0.2) is 0 Å². The molecule has 1 aliphatic heterocycles. The molecule has 0 aliphatic carbocycles. The number of amides is 1. The van der Waals surface area contributed by atoms with Crippen molar-refractivity contribution in [3.05, 3.63) is 65.5 Å². The van der Waals surface area contributed by atoms with Gasteiger partial charge in [-0.15, -0.1) is 11.8 Å². The Morgan fingerprint density at radius 2 is 1.89 bits per heavy atom. The number of aromatic nitrogens is 2. The maximum Gasteiger partial charge on any atom is 0.249 e. The minimum atomic E-state index is -0.162. The van der Waals surface area contributed by atoms with Gasteiger partial charge >= 0.3 is 0 Å². The quantitative estimate of drug-likeness (QED) is 0.605. The number of aryl methyl sites for hydroxylation is 1. The zero-order valence-corrected chi connectivity index (χ0v) is 16.2. The van der Waals surface area contributed by atoms with Crippen LogP contribution in [0.1, 0.15) is 35.9 Å². The molecule has 0 spiro atoms. The van der Waals surface area contributed by atoms with Gasteiger partial charge in [-0.3, -0.25) is 4.79 Å². The Balaban J connectivity index is 1.55. The zero-order chi connectivity index (χ0) is 18.8. The number of carbonyl (C=O) groups is 1. The average Bonchev–Trinajstić information content (AvgIpc) is 3.31. The van der Waals surface area contributed by atoms with Crippen molar-refractivity contribution in [3.8, 4) is 11.4 Å². The fourth-order valence-electron chi connectivity index (χ4n) is 3.31. The van der Waals surface area contributed by atoms with Gasteiger partial charge < -0.3 is 9.42 Å². The van der Waals surface area contributed by atoms with Gasteiger partial charge in [-0.1, -0.05) is 35.0 Å². The standard InChI is InChI=1S/C21H21N3O2S/c1-14-3-5-15(6-4-14)13-24-18(11-12-19(24)25)21-22-20(23-26-21)16-7-9-17(27-2)10-8-16/h3-10,18H,11-13H2,1-2H3. The molecule has 1 unspecified atom stereocenters. The molecule has 1 saturated heterocycles. The van der Waals surface area contributed by atoms with Gasteiger partial charge in [0.2, 0.25) is 17.6 Å². The van der Waals surface area contributed by atoms with Crippen LogP contribution < -0.4 is 0 Å². The van der Waals surface area contributed by atoms with Gasteiger partial charge in [0.25, 0.3) is 0 Å². The normalized spacial score (nSPS) is 16.9. The number of hydrogen-bond donors (Lipinski definition) is 0. The van der Waals surface area contributed by atoms with Crippen LogP contribution >= 0.6 is 11.8 Å². The number of benzene rings is 2. The van der Waals surface area contributed by atoms with Gasteiger partial charge in [0.15, 0.2) is 0 Å². The first-order chi connectivity index (χ1) is 13.1. The molecule has 27 heavy (non-hydrogen) atoms. The van der Waals surface area contributed by atoms with Crippen LogP contribution in [0, 0.1) is 6.92 Å². The number of thioether (sulfide) groups is 1. The predicted molar refractivity (Wildman–Crippen MR) is 105 cm³/mol. The molecule has 1 amide bonds. The Kier molecular flexibility index (Phi) is 4.99. The summed E-state index contributed by atoms with van der Waals surface area (Å²) < 4.78 is 5.53. The summed E-state index contributed by atoms with van der Waals surface area (Å²) in [6, 6.07) is 16.1. The Labute approximate surface area is 162 Å². The summed E-state index contributed by atoms with van der Waals surface area (Å²) in [5.41, 5.74) is 3.22. The summed E-state index contributed by atoms with van der Waals surface area (Å²) in [6.45, 7) is 2.61. The first kappa shape index (κ1) is 17.8. The highest BCUT2D eigenvalue weighted by Gasteiger charge is 2.36. The SMILES string of the molecule is CSc1ccc(-c2noc(C3CCC(=O)N3Cc3ccc(C)cc3)n2)cc1. The highest BCUT2D eigenvalue weighted by atomic mass is 32.2. The lowest BCUT2D eigenvalue weighted by Gasteiger charge is -2.22.